The van der Waals surface area contributed by atoms with Crippen molar-refractivity contribution in [3.8, 4) is 0 Å². The zero-order chi connectivity index (χ0) is 13.9. The minimum atomic E-state index is -0.390. The van der Waals surface area contributed by atoms with Crippen LogP contribution in [-0.4, -0.2) is 23.0 Å². The fourth-order valence-electron chi connectivity index (χ4n) is 1.88. The number of aromatic nitrogens is 2. The lowest BCUT2D eigenvalue weighted by Gasteiger charge is -1.99. The second kappa shape index (κ2) is 5.42. The highest BCUT2D eigenvalue weighted by molar-refractivity contribution is 7.98. The first-order chi connectivity index (χ1) is 9.78. The van der Waals surface area contributed by atoms with E-state index in [2.05, 4.69) is 9.97 Å². The third-order valence-electron chi connectivity index (χ3n) is 2.86. The number of carbonyl (C=O) groups excluding carboxylic acids is 1. The molecule has 2 aromatic heterocycles. The molecule has 2 heterocycles. The molecule has 0 amide bonds. The lowest BCUT2D eigenvalue weighted by molar-refractivity contribution is 0.0598. The Kier molecular flexibility index (Phi) is 3.47. The van der Waals surface area contributed by atoms with Gasteiger partial charge >= 0.3 is 5.97 Å². The van der Waals surface area contributed by atoms with E-state index in [0.29, 0.717) is 17.1 Å². The summed E-state index contributed by atoms with van der Waals surface area (Å²) < 4.78 is 10.0. The van der Waals surface area contributed by atoms with Gasteiger partial charge in [-0.15, -0.1) is 0 Å². The zero-order valence-corrected chi connectivity index (χ0v) is 11.6. The molecule has 0 saturated heterocycles. The summed E-state index contributed by atoms with van der Waals surface area (Å²) in [6.45, 7) is 0. The minimum absolute atomic E-state index is 0.390. The van der Waals surface area contributed by atoms with Crippen LogP contribution in [0.15, 0.2) is 46.2 Å². The molecule has 20 heavy (non-hydrogen) atoms. The SMILES string of the molecule is COC(=O)c1ccoc1CSc1nc2ccccc2[nH]1. The highest BCUT2D eigenvalue weighted by Crippen LogP contribution is 2.25. The number of rotatable bonds is 4. The second-order valence-electron chi connectivity index (χ2n) is 4.10. The zero-order valence-electron chi connectivity index (χ0n) is 10.8. The van der Waals surface area contributed by atoms with E-state index >= 15 is 0 Å². The topological polar surface area (TPSA) is 68.1 Å². The average molecular weight is 288 g/mol. The summed E-state index contributed by atoms with van der Waals surface area (Å²) >= 11 is 1.48. The molecular weight excluding hydrogens is 276 g/mol. The summed E-state index contributed by atoms with van der Waals surface area (Å²) in [5, 5.41) is 0.790. The van der Waals surface area contributed by atoms with Crippen molar-refractivity contribution >= 4 is 28.8 Å². The summed E-state index contributed by atoms with van der Waals surface area (Å²) in [6.07, 6.45) is 1.49. The van der Waals surface area contributed by atoms with Crippen molar-refractivity contribution < 1.29 is 13.9 Å². The van der Waals surface area contributed by atoms with E-state index in [1.165, 1.54) is 25.1 Å². The Labute approximate surface area is 119 Å². The van der Waals surface area contributed by atoms with E-state index in [0.717, 1.165) is 16.2 Å². The first-order valence-corrected chi connectivity index (χ1v) is 6.98. The van der Waals surface area contributed by atoms with Crippen LogP contribution in [0.4, 0.5) is 0 Å². The van der Waals surface area contributed by atoms with Gasteiger partial charge < -0.3 is 14.1 Å². The monoisotopic (exact) mass is 288 g/mol. The van der Waals surface area contributed by atoms with Crippen LogP contribution in [0, 0.1) is 0 Å². The van der Waals surface area contributed by atoms with Gasteiger partial charge in [0.25, 0.3) is 0 Å². The predicted molar refractivity (Wildman–Crippen MR) is 75.7 cm³/mol. The van der Waals surface area contributed by atoms with Crippen LogP contribution >= 0.6 is 11.8 Å². The molecule has 0 aliphatic carbocycles. The van der Waals surface area contributed by atoms with Gasteiger partial charge in [-0.3, -0.25) is 0 Å². The molecule has 6 heteroatoms. The summed E-state index contributed by atoms with van der Waals surface area (Å²) in [4.78, 5) is 19.2. The molecule has 0 saturated carbocycles. The highest BCUT2D eigenvalue weighted by Gasteiger charge is 2.15. The van der Waals surface area contributed by atoms with E-state index < -0.39 is 0 Å². The molecule has 0 bridgehead atoms. The Morgan fingerprint density at radius 1 is 1.40 bits per heavy atom. The number of fused-ring (bicyclic) bond motifs is 1. The van der Waals surface area contributed by atoms with Gasteiger partial charge in [0, 0.05) is 0 Å². The van der Waals surface area contributed by atoms with Crippen LogP contribution in [0.1, 0.15) is 16.1 Å². The highest BCUT2D eigenvalue weighted by atomic mass is 32.2. The molecule has 0 unspecified atom stereocenters. The van der Waals surface area contributed by atoms with Crippen molar-refractivity contribution in [3.05, 3.63) is 47.9 Å². The van der Waals surface area contributed by atoms with Crippen molar-refractivity contribution in [2.24, 2.45) is 0 Å². The number of ether oxygens (including phenoxy) is 1. The Hall–Kier alpha value is -2.21. The molecule has 1 aromatic carbocycles. The van der Waals surface area contributed by atoms with Crippen LogP contribution in [0.3, 0.4) is 0 Å². The van der Waals surface area contributed by atoms with Gasteiger partial charge in [-0.1, -0.05) is 23.9 Å². The number of benzene rings is 1. The first-order valence-electron chi connectivity index (χ1n) is 6.00. The number of para-hydroxylation sites is 2. The van der Waals surface area contributed by atoms with Crippen molar-refractivity contribution in [1.82, 2.24) is 9.97 Å². The van der Waals surface area contributed by atoms with Crippen molar-refractivity contribution in [2.45, 2.75) is 10.9 Å². The van der Waals surface area contributed by atoms with E-state index in [9.17, 15) is 4.79 Å². The van der Waals surface area contributed by atoms with Gasteiger partial charge in [0.1, 0.15) is 11.3 Å². The quantitative estimate of drug-likeness (QED) is 0.589. The molecule has 1 N–H and O–H groups in total. The molecule has 0 radical (unpaired) electrons. The predicted octanol–water partition coefficient (Wildman–Crippen LogP) is 3.23. The fourth-order valence-corrected chi connectivity index (χ4v) is 2.71. The Morgan fingerprint density at radius 3 is 3.05 bits per heavy atom. The number of nitrogens with zero attached hydrogens (tertiary/aromatic N) is 1. The number of carbonyl (C=O) groups is 1. The van der Waals surface area contributed by atoms with Crippen molar-refractivity contribution in [3.63, 3.8) is 0 Å². The van der Waals surface area contributed by atoms with Crippen molar-refractivity contribution in [1.29, 1.82) is 0 Å². The number of H-pyrrole nitrogens is 1. The first kappa shape index (κ1) is 12.8. The smallest absolute Gasteiger partial charge is 0.341 e. The molecule has 3 rings (SSSR count). The summed E-state index contributed by atoms with van der Waals surface area (Å²) in [6, 6.07) is 9.43. The molecule has 5 nitrogen and oxygen atoms in total. The average Bonchev–Trinajstić information content (AvgIpc) is 3.10. The number of methoxy groups -OCH3 is 1. The maximum atomic E-state index is 11.5. The molecule has 0 fully saturated rings. The molecule has 3 aromatic rings. The van der Waals surface area contributed by atoms with Crippen LogP contribution in [0.25, 0.3) is 11.0 Å². The maximum Gasteiger partial charge on any atom is 0.341 e. The Bertz CT molecular complexity index is 715. The third-order valence-corrected chi connectivity index (χ3v) is 3.73. The molecule has 102 valence electrons. The van der Waals surface area contributed by atoms with Crippen LogP contribution in [-0.2, 0) is 10.5 Å². The number of nitrogens with one attached hydrogen (secondary N) is 1. The minimum Gasteiger partial charge on any atom is -0.468 e. The summed E-state index contributed by atoms with van der Waals surface area (Å²) in [7, 11) is 1.35. The molecule has 0 spiro atoms. The molecule has 0 atom stereocenters. The number of esters is 1. The number of hydrogen-bond acceptors (Lipinski definition) is 5. The molecule has 0 aliphatic rings. The lowest BCUT2D eigenvalue weighted by Crippen LogP contribution is -2.02. The number of furan rings is 1. The van der Waals surface area contributed by atoms with E-state index in [-0.39, 0.29) is 5.97 Å². The van der Waals surface area contributed by atoms with E-state index in [4.69, 9.17) is 9.15 Å². The normalized spacial score (nSPS) is 10.8. The van der Waals surface area contributed by atoms with Crippen LogP contribution in [0.5, 0.6) is 0 Å². The van der Waals surface area contributed by atoms with Gasteiger partial charge in [0.05, 0.1) is 30.2 Å². The van der Waals surface area contributed by atoms with Crippen LogP contribution < -0.4 is 0 Å². The second-order valence-corrected chi connectivity index (χ2v) is 5.06. The fraction of sp³-hybridized carbons (Fsp3) is 0.143. The number of thioether (sulfide) groups is 1. The molecule has 0 aliphatic heterocycles. The van der Waals surface area contributed by atoms with Gasteiger partial charge in [-0.2, -0.15) is 0 Å². The van der Waals surface area contributed by atoms with Gasteiger partial charge in [0.2, 0.25) is 0 Å². The maximum absolute atomic E-state index is 11.5. The summed E-state index contributed by atoms with van der Waals surface area (Å²) in [5.74, 6) is 0.707. The lowest BCUT2D eigenvalue weighted by atomic mass is 10.3. The van der Waals surface area contributed by atoms with Crippen molar-refractivity contribution in [2.75, 3.05) is 7.11 Å². The largest absolute Gasteiger partial charge is 0.468 e. The van der Waals surface area contributed by atoms with E-state index in [1.807, 2.05) is 24.3 Å². The van der Waals surface area contributed by atoms with Gasteiger partial charge in [-0.25, -0.2) is 9.78 Å². The van der Waals surface area contributed by atoms with E-state index in [1.54, 1.807) is 6.07 Å². The number of aromatic amines is 1. The Morgan fingerprint density at radius 2 is 2.25 bits per heavy atom. The van der Waals surface area contributed by atoms with Gasteiger partial charge in [-0.05, 0) is 18.2 Å². The standard InChI is InChI=1S/C14H12N2O3S/c1-18-13(17)9-6-7-19-12(9)8-20-14-15-10-4-2-3-5-11(10)16-14/h2-7H,8H2,1H3,(H,15,16). The number of hydrogen-bond donors (Lipinski definition) is 1. The molecular formula is C14H12N2O3S. The third kappa shape index (κ3) is 2.42. The van der Waals surface area contributed by atoms with Crippen LogP contribution in [0.2, 0.25) is 0 Å². The van der Waals surface area contributed by atoms with Gasteiger partial charge in [0.15, 0.2) is 5.16 Å². The Balaban J connectivity index is 1.76. The number of imidazole rings is 1. The summed E-state index contributed by atoms with van der Waals surface area (Å²) in [5.41, 5.74) is 2.36.